The van der Waals surface area contributed by atoms with Gasteiger partial charge in [0.1, 0.15) is 5.82 Å². The molecule has 1 fully saturated rings. The third-order valence-corrected chi connectivity index (χ3v) is 3.45. The van der Waals surface area contributed by atoms with Crippen LogP contribution in [0, 0.1) is 0 Å². The molecule has 2 aliphatic rings. The summed E-state index contributed by atoms with van der Waals surface area (Å²) in [4.78, 5) is 8.93. The molecule has 0 saturated carbocycles. The standard InChI is InChI=1S/C13H17N3O/c1-9-12-10(8-15-9)2-5-14-13(12)16-11-3-6-17-7-4-11/h2,5,11H,3-4,6-8H2,1H3,(H,14,16). The van der Waals surface area contributed by atoms with Crippen LogP contribution in [0.15, 0.2) is 17.3 Å². The monoisotopic (exact) mass is 231 g/mol. The lowest BCUT2D eigenvalue weighted by atomic mass is 10.1. The summed E-state index contributed by atoms with van der Waals surface area (Å²) in [5.41, 5.74) is 3.59. The van der Waals surface area contributed by atoms with Gasteiger partial charge in [-0.1, -0.05) is 0 Å². The van der Waals surface area contributed by atoms with Crippen molar-refractivity contribution in [2.45, 2.75) is 32.4 Å². The number of hydrogen-bond acceptors (Lipinski definition) is 4. The van der Waals surface area contributed by atoms with E-state index in [1.807, 2.05) is 6.20 Å². The number of fused-ring (bicyclic) bond motifs is 1. The molecule has 90 valence electrons. The molecule has 2 aliphatic heterocycles. The van der Waals surface area contributed by atoms with Crippen LogP contribution in [0.1, 0.15) is 30.9 Å². The molecule has 0 radical (unpaired) electrons. The van der Waals surface area contributed by atoms with E-state index >= 15 is 0 Å². The average Bonchev–Trinajstić information content (AvgIpc) is 2.74. The average molecular weight is 231 g/mol. The zero-order valence-corrected chi connectivity index (χ0v) is 10.1. The van der Waals surface area contributed by atoms with Gasteiger partial charge in [-0.2, -0.15) is 0 Å². The van der Waals surface area contributed by atoms with Crippen LogP contribution in [0.2, 0.25) is 0 Å². The minimum Gasteiger partial charge on any atom is -0.381 e. The van der Waals surface area contributed by atoms with Crippen molar-refractivity contribution in [2.24, 2.45) is 4.99 Å². The van der Waals surface area contributed by atoms with Gasteiger partial charge in [0.25, 0.3) is 0 Å². The van der Waals surface area contributed by atoms with Crippen LogP contribution in [0.5, 0.6) is 0 Å². The lowest BCUT2D eigenvalue weighted by Crippen LogP contribution is -2.29. The van der Waals surface area contributed by atoms with Crippen LogP contribution in [0.4, 0.5) is 5.82 Å². The molecule has 3 rings (SSSR count). The minimum atomic E-state index is 0.483. The zero-order valence-electron chi connectivity index (χ0n) is 10.1. The first-order chi connectivity index (χ1) is 8.34. The van der Waals surface area contributed by atoms with Crippen molar-refractivity contribution in [3.63, 3.8) is 0 Å². The number of nitrogens with one attached hydrogen (secondary N) is 1. The Bertz CT molecular complexity index is 450. The van der Waals surface area contributed by atoms with Gasteiger partial charge in [0, 0.05) is 36.7 Å². The highest BCUT2D eigenvalue weighted by Gasteiger charge is 2.20. The molecular formula is C13H17N3O. The molecule has 1 aromatic heterocycles. The molecule has 4 nitrogen and oxygen atoms in total. The van der Waals surface area contributed by atoms with Gasteiger partial charge < -0.3 is 10.1 Å². The predicted octanol–water partition coefficient (Wildman–Crippen LogP) is 2.00. The summed E-state index contributed by atoms with van der Waals surface area (Å²) in [5.74, 6) is 0.994. The third-order valence-electron chi connectivity index (χ3n) is 3.45. The van der Waals surface area contributed by atoms with E-state index in [1.165, 1.54) is 11.1 Å². The van der Waals surface area contributed by atoms with Crippen molar-refractivity contribution in [1.82, 2.24) is 4.98 Å². The molecule has 0 amide bonds. The smallest absolute Gasteiger partial charge is 0.135 e. The largest absolute Gasteiger partial charge is 0.381 e. The fourth-order valence-electron chi connectivity index (χ4n) is 2.46. The van der Waals surface area contributed by atoms with E-state index in [2.05, 4.69) is 28.3 Å². The van der Waals surface area contributed by atoms with Gasteiger partial charge in [-0.15, -0.1) is 0 Å². The number of hydrogen-bond donors (Lipinski definition) is 1. The summed E-state index contributed by atoms with van der Waals surface area (Å²) in [5, 5.41) is 3.54. The van der Waals surface area contributed by atoms with E-state index in [4.69, 9.17) is 4.74 Å². The number of ether oxygens (including phenoxy) is 1. The highest BCUT2D eigenvalue weighted by atomic mass is 16.5. The van der Waals surface area contributed by atoms with Gasteiger partial charge in [0.15, 0.2) is 0 Å². The van der Waals surface area contributed by atoms with Crippen molar-refractivity contribution >= 4 is 11.5 Å². The number of rotatable bonds is 2. The fourth-order valence-corrected chi connectivity index (χ4v) is 2.46. The first-order valence-corrected chi connectivity index (χ1v) is 6.18. The maximum Gasteiger partial charge on any atom is 0.135 e. The van der Waals surface area contributed by atoms with Gasteiger partial charge >= 0.3 is 0 Å². The topological polar surface area (TPSA) is 46.5 Å². The van der Waals surface area contributed by atoms with E-state index in [1.54, 1.807) is 0 Å². The number of aliphatic imine (C=N–C) groups is 1. The molecule has 4 heteroatoms. The Balaban J connectivity index is 1.83. The number of aromatic nitrogens is 1. The van der Waals surface area contributed by atoms with Crippen LogP contribution < -0.4 is 5.32 Å². The Labute approximate surface area is 101 Å². The summed E-state index contributed by atoms with van der Waals surface area (Å²) in [7, 11) is 0. The van der Waals surface area contributed by atoms with E-state index in [0.717, 1.165) is 44.1 Å². The van der Waals surface area contributed by atoms with Crippen LogP contribution in [-0.2, 0) is 11.3 Å². The summed E-state index contributed by atoms with van der Waals surface area (Å²) in [6, 6.07) is 2.54. The predicted molar refractivity (Wildman–Crippen MR) is 67.6 cm³/mol. The van der Waals surface area contributed by atoms with Crippen molar-refractivity contribution in [1.29, 1.82) is 0 Å². The van der Waals surface area contributed by atoms with E-state index in [9.17, 15) is 0 Å². The van der Waals surface area contributed by atoms with Gasteiger partial charge in [-0.05, 0) is 31.4 Å². The van der Waals surface area contributed by atoms with Gasteiger partial charge in [0.05, 0.1) is 6.54 Å². The molecule has 0 spiro atoms. The Kier molecular flexibility index (Phi) is 2.81. The summed E-state index contributed by atoms with van der Waals surface area (Å²) in [6.45, 7) is 4.55. The quantitative estimate of drug-likeness (QED) is 0.846. The Hall–Kier alpha value is -1.42. The molecule has 1 aromatic rings. The summed E-state index contributed by atoms with van der Waals surface area (Å²) < 4.78 is 5.37. The Morgan fingerprint density at radius 2 is 2.18 bits per heavy atom. The van der Waals surface area contributed by atoms with Crippen molar-refractivity contribution in [3.8, 4) is 0 Å². The molecule has 0 aromatic carbocycles. The third kappa shape index (κ3) is 2.05. The number of anilines is 1. The first-order valence-electron chi connectivity index (χ1n) is 6.18. The molecule has 1 N–H and O–H groups in total. The van der Waals surface area contributed by atoms with Crippen LogP contribution in [0.3, 0.4) is 0 Å². The fraction of sp³-hybridized carbons (Fsp3) is 0.538. The normalized spacial score (nSPS) is 19.9. The lowest BCUT2D eigenvalue weighted by Gasteiger charge is -2.24. The molecule has 1 saturated heterocycles. The molecule has 3 heterocycles. The molecule has 0 aliphatic carbocycles. The van der Waals surface area contributed by atoms with E-state index < -0.39 is 0 Å². The van der Waals surface area contributed by atoms with E-state index in [-0.39, 0.29) is 0 Å². The van der Waals surface area contributed by atoms with Crippen molar-refractivity contribution < 1.29 is 4.74 Å². The molecule has 0 atom stereocenters. The molecule has 0 bridgehead atoms. The molecule has 17 heavy (non-hydrogen) atoms. The summed E-state index contributed by atoms with van der Waals surface area (Å²) >= 11 is 0. The van der Waals surface area contributed by atoms with Gasteiger partial charge in [-0.25, -0.2) is 4.98 Å². The van der Waals surface area contributed by atoms with E-state index in [0.29, 0.717) is 6.04 Å². The zero-order chi connectivity index (χ0) is 11.7. The Morgan fingerprint density at radius 3 is 3.00 bits per heavy atom. The maximum atomic E-state index is 5.37. The van der Waals surface area contributed by atoms with Crippen LogP contribution in [0.25, 0.3) is 0 Å². The molecule has 0 unspecified atom stereocenters. The summed E-state index contributed by atoms with van der Waals surface area (Å²) in [6.07, 6.45) is 3.98. The number of pyridine rings is 1. The second-order valence-electron chi connectivity index (χ2n) is 4.63. The first kappa shape index (κ1) is 10.7. The van der Waals surface area contributed by atoms with Crippen LogP contribution in [-0.4, -0.2) is 30.0 Å². The van der Waals surface area contributed by atoms with Gasteiger partial charge in [0.2, 0.25) is 0 Å². The highest BCUT2D eigenvalue weighted by molar-refractivity contribution is 6.05. The minimum absolute atomic E-state index is 0.483. The lowest BCUT2D eigenvalue weighted by molar-refractivity contribution is 0.0904. The second-order valence-corrected chi connectivity index (χ2v) is 4.63. The number of nitrogens with zero attached hydrogens (tertiary/aromatic N) is 2. The van der Waals surface area contributed by atoms with Crippen molar-refractivity contribution in [3.05, 3.63) is 23.4 Å². The molecular weight excluding hydrogens is 214 g/mol. The van der Waals surface area contributed by atoms with Gasteiger partial charge in [-0.3, -0.25) is 4.99 Å². The second kappa shape index (κ2) is 4.45. The van der Waals surface area contributed by atoms with Crippen LogP contribution >= 0.6 is 0 Å². The SMILES string of the molecule is CC1=NCc2ccnc(NC3CCOCC3)c21. The Morgan fingerprint density at radius 1 is 1.35 bits per heavy atom. The van der Waals surface area contributed by atoms with Crippen molar-refractivity contribution in [2.75, 3.05) is 18.5 Å². The highest BCUT2D eigenvalue weighted by Crippen LogP contribution is 2.26. The maximum absolute atomic E-state index is 5.37.